The van der Waals surface area contributed by atoms with Crippen molar-refractivity contribution in [3.8, 4) is 11.3 Å². The van der Waals surface area contributed by atoms with E-state index in [2.05, 4.69) is 9.59 Å². The molecule has 5 heteroatoms. The highest BCUT2D eigenvalue weighted by Gasteiger charge is 2.19. The van der Waals surface area contributed by atoms with Crippen molar-refractivity contribution in [2.75, 3.05) is 0 Å². The minimum Gasteiger partial charge on any atom is -0.207 e. The Hall–Kier alpha value is -0.940. The molecule has 0 amide bonds. The number of hydrogen-bond acceptors (Lipinski definition) is 4. The van der Waals surface area contributed by atoms with Crippen molar-refractivity contribution in [2.45, 2.75) is 41.6 Å². The predicted octanol–water partition coefficient (Wildman–Crippen LogP) is 4.77. The highest BCUT2D eigenvalue weighted by atomic mass is 32.2. The SMILES string of the molecule is Fc1ccc(-c2nnsc2SC2CCCCC2)cc1. The molecule has 3 rings (SSSR count). The Kier molecular flexibility index (Phi) is 4.13. The fourth-order valence-corrected chi connectivity index (χ4v) is 4.64. The molecule has 100 valence electrons. The Morgan fingerprint density at radius 2 is 1.84 bits per heavy atom. The van der Waals surface area contributed by atoms with E-state index < -0.39 is 0 Å². The summed E-state index contributed by atoms with van der Waals surface area (Å²) in [6, 6.07) is 6.50. The molecule has 2 nitrogen and oxygen atoms in total. The van der Waals surface area contributed by atoms with Crippen molar-refractivity contribution in [1.82, 2.24) is 9.59 Å². The molecular formula is C14H15FN2S2. The summed E-state index contributed by atoms with van der Waals surface area (Å²) in [6.45, 7) is 0. The molecule has 0 aliphatic heterocycles. The molecule has 0 spiro atoms. The summed E-state index contributed by atoms with van der Waals surface area (Å²) >= 11 is 3.35. The summed E-state index contributed by atoms with van der Waals surface area (Å²) in [5.41, 5.74) is 1.86. The monoisotopic (exact) mass is 294 g/mol. The molecule has 0 radical (unpaired) electrons. The van der Waals surface area contributed by atoms with Crippen LogP contribution in [-0.4, -0.2) is 14.8 Å². The average molecular weight is 294 g/mol. The van der Waals surface area contributed by atoms with Crippen molar-refractivity contribution in [1.29, 1.82) is 0 Å². The molecule has 0 N–H and O–H groups in total. The highest BCUT2D eigenvalue weighted by molar-refractivity contribution is 8.01. The van der Waals surface area contributed by atoms with Gasteiger partial charge in [0.1, 0.15) is 15.7 Å². The van der Waals surface area contributed by atoms with Crippen molar-refractivity contribution in [3.63, 3.8) is 0 Å². The molecule has 1 aromatic heterocycles. The first-order valence-corrected chi connectivity index (χ1v) is 8.23. The Labute approximate surface area is 120 Å². The Morgan fingerprint density at radius 1 is 1.11 bits per heavy atom. The van der Waals surface area contributed by atoms with E-state index in [4.69, 9.17) is 0 Å². The highest BCUT2D eigenvalue weighted by Crippen LogP contribution is 2.39. The van der Waals surface area contributed by atoms with E-state index in [1.54, 1.807) is 12.1 Å². The normalized spacial score (nSPS) is 16.7. The van der Waals surface area contributed by atoms with Gasteiger partial charge in [0.25, 0.3) is 0 Å². The van der Waals surface area contributed by atoms with Gasteiger partial charge in [-0.15, -0.1) is 16.9 Å². The standard InChI is InChI=1S/C14H15FN2S2/c15-11-8-6-10(7-9-11)13-14(19-17-16-13)18-12-4-2-1-3-5-12/h6-9,12H,1-5H2. The fraction of sp³-hybridized carbons (Fsp3) is 0.429. The molecule has 1 aliphatic carbocycles. The Morgan fingerprint density at radius 3 is 2.58 bits per heavy atom. The van der Waals surface area contributed by atoms with Crippen LogP contribution in [0.25, 0.3) is 11.3 Å². The molecule has 0 unspecified atom stereocenters. The molecule has 0 saturated heterocycles. The van der Waals surface area contributed by atoms with Crippen LogP contribution in [0.15, 0.2) is 28.5 Å². The van der Waals surface area contributed by atoms with Crippen molar-refractivity contribution >= 4 is 23.3 Å². The van der Waals surface area contributed by atoms with Gasteiger partial charge >= 0.3 is 0 Å². The number of thioether (sulfide) groups is 1. The van der Waals surface area contributed by atoms with Crippen LogP contribution < -0.4 is 0 Å². The summed E-state index contributed by atoms with van der Waals surface area (Å²) in [5.74, 6) is -0.214. The lowest BCUT2D eigenvalue weighted by molar-refractivity contribution is 0.516. The van der Waals surface area contributed by atoms with Gasteiger partial charge in [-0.25, -0.2) is 4.39 Å². The molecule has 1 heterocycles. The molecular weight excluding hydrogens is 279 g/mol. The van der Waals surface area contributed by atoms with Gasteiger partial charge in [-0.3, -0.25) is 0 Å². The van der Waals surface area contributed by atoms with E-state index in [0.717, 1.165) is 11.3 Å². The molecule has 19 heavy (non-hydrogen) atoms. The van der Waals surface area contributed by atoms with Crippen LogP contribution in [0.5, 0.6) is 0 Å². The summed E-state index contributed by atoms with van der Waals surface area (Å²) in [5, 5.41) is 4.90. The van der Waals surface area contributed by atoms with Crippen LogP contribution in [0, 0.1) is 5.82 Å². The van der Waals surface area contributed by atoms with Crippen LogP contribution in [0.1, 0.15) is 32.1 Å². The molecule has 1 aliphatic rings. The minimum atomic E-state index is -0.214. The van der Waals surface area contributed by atoms with Crippen LogP contribution in [0.4, 0.5) is 4.39 Å². The van der Waals surface area contributed by atoms with E-state index in [9.17, 15) is 4.39 Å². The van der Waals surface area contributed by atoms with Crippen molar-refractivity contribution < 1.29 is 4.39 Å². The summed E-state index contributed by atoms with van der Waals surface area (Å²) < 4.78 is 18.2. The first-order chi connectivity index (χ1) is 9.33. The van der Waals surface area contributed by atoms with Gasteiger partial charge in [0.05, 0.1) is 0 Å². The third kappa shape index (κ3) is 3.15. The van der Waals surface area contributed by atoms with Crippen molar-refractivity contribution in [3.05, 3.63) is 30.1 Å². The zero-order chi connectivity index (χ0) is 13.1. The van der Waals surface area contributed by atoms with E-state index in [0.29, 0.717) is 5.25 Å². The van der Waals surface area contributed by atoms with Gasteiger partial charge in [-0.05, 0) is 48.6 Å². The van der Waals surface area contributed by atoms with Gasteiger partial charge in [0.15, 0.2) is 0 Å². The average Bonchev–Trinajstić information content (AvgIpc) is 2.89. The first kappa shape index (κ1) is 13.1. The maximum absolute atomic E-state index is 13.0. The lowest BCUT2D eigenvalue weighted by atomic mass is 10.0. The quantitative estimate of drug-likeness (QED) is 0.815. The summed E-state index contributed by atoms with van der Waals surface area (Å²) in [7, 11) is 0. The number of rotatable bonds is 3. The fourth-order valence-electron chi connectivity index (χ4n) is 2.38. The molecule has 0 bridgehead atoms. The number of halogens is 1. The van der Waals surface area contributed by atoms with Crippen LogP contribution >= 0.6 is 23.3 Å². The van der Waals surface area contributed by atoms with Crippen LogP contribution in [0.3, 0.4) is 0 Å². The van der Waals surface area contributed by atoms with E-state index in [-0.39, 0.29) is 5.82 Å². The maximum atomic E-state index is 13.0. The first-order valence-electron chi connectivity index (χ1n) is 6.58. The van der Waals surface area contributed by atoms with Crippen LogP contribution in [0.2, 0.25) is 0 Å². The van der Waals surface area contributed by atoms with E-state index >= 15 is 0 Å². The lowest BCUT2D eigenvalue weighted by Gasteiger charge is -2.20. The van der Waals surface area contributed by atoms with Gasteiger partial charge in [-0.2, -0.15) is 0 Å². The molecule has 1 saturated carbocycles. The third-order valence-corrected chi connectivity index (χ3v) is 5.65. The van der Waals surface area contributed by atoms with E-state index in [1.807, 2.05) is 11.8 Å². The summed E-state index contributed by atoms with van der Waals surface area (Å²) in [6.07, 6.45) is 6.59. The second-order valence-corrected chi connectivity index (χ2v) is 7.12. The number of aromatic nitrogens is 2. The van der Waals surface area contributed by atoms with Gasteiger partial charge in [-0.1, -0.05) is 23.8 Å². The zero-order valence-electron chi connectivity index (χ0n) is 10.5. The van der Waals surface area contributed by atoms with Crippen LogP contribution in [-0.2, 0) is 0 Å². The number of nitrogens with zero attached hydrogens (tertiary/aromatic N) is 2. The molecule has 0 atom stereocenters. The maximum Gasteiger partial charge on any atom is 0.123 e. The third-order valence-electron chi connectivity index (χ3n) is 3.40. The Balaban J connectivity index is 1.79. The predicted molar refractivity (Wildman–Crippen MR) is 78.0 cm³/mol. The van der Waals surface area contributed by atoms with Gasteiger partial charge in [0, 0.05) is 10.8 Å². The van der Waals surface area contributed by atoms with Gasteiger partial charge < -0.3 is 0 Å². The lowest BCUT2D eigenvalue weighted by Crippen LogP contribution is -2.07. The van der Waals surface area contributed by atoms with Crippen molar-refractivity contribution in [2.24, 2.45) is 0 Å². The molecule has 1 fully saturated rings. The second kappa shape index (κ2) is 6.01. The van der Waals surface area contributed by atoms with Gasteiger partial charge in [0.2, 0.25) is 0 Å². The minimum absolute atomic E-state index is 0.214. The molecule has 2 aromatic rings. The zero-order valence-corrected chi connectivity index (χ0v) is 12.1. The topological polar surface area (TPSA) is 25.8 Å². The molecule has 1 aromatic carbocycles. The second-order valence-electron chi connectivity index (χ2n) is 4.79. The number of benzene rings is 1. The largest absolute Gasteiger partial charge is 0.207 e. The summed E-state index contributed by atoms with van der Waals surface area (Å²) in [4.78, 5) is 0. The number of hydrogen-bond donors (Lipinski definition) is 0. The Bertz CT molecular complexity index is 533. The smallest absolute Gasteiger partial charge is 0.123 e. The van der Waals surface area contributed by atoms with E-state index in [1.165, 1.54) is 60.0 Å².